The van der Waals surface area contributed by atoms with Gasteiger partial charge in [-0.05, 0) is 5.57 Å². The summed E-state index contributed by atoms with van der Waals surface area (Å²) in [6, 6.07) is -0.625. The van der Waals surface area contributed by atoms with E-state index in [0.29, 0.717) is 11.2 Å². The number of alkyl halides is 1. The van der Waals surface area contributed by atoms with Crippen LogP contribution in [0, 0.1) is 0 Å². The lowest BCUT2D eigenvalue weighted by molar-refractivity contribution is 0.0307. The van der Waals surface area contributed by atoms with Gasteiger partial charge in [-0.1, -0.05) is 6.08 Å². The van der Waals surface area contributed by atoms with Gasteiger partial charge in [0.2, 0.25) is 0 Å². The number of nitrogens with two attached hydrogens (primary N) is 1. The second kappa shape index (κ2) is 4.25. The third-order valence-corrected chi connectivity index (χ3v) is 3.30. The van der Waals surface area contributed by atoms with E-state index in [0.717, 1.165) is 0 Å². The predicted octanol–water partition coefficient (Wildman–Crippen LogP) is -0.419. The summed E-state index contributed by atoms with van der Waals surface area (Å²) in [6.45, 7) is -0.807. The fourth-order valence-electron chi connectivity index (χ4n) is 2.28. The quantitative estimate of drug-likeness (QED) is 0.636. The van der Waals surface area contributed by atoms with Gasteiger partial charge in [0, 0.05) is 0 Å². The van der Waals surface area contributed by atoms with Crippen LogP contribution in [0.4, 0.5) is 10.2 Å². The van der Waals surface area contributed by atoms with Gasteiger partial charge in [0.15, 0.2) is 11.5 Å². The first kappa shape index (κ1) is 12.0. The molecule has 1 aliphatic carbocycles. The van der Waals surface area contributed by atoms with Crippen molar-refractivity contribution in [2.24, 2.45) is 0 Å². The molecule has 7 nitrogen and oxygen atoms in total. The number of aromatic nitrogens is 4. The number of hydrogen-bond donors (Lipinski definition) is 3. The van der Waals surface area contributed by atoms with Gasteiger partial charge in [0.25, 0.3) is 0 Å². The third kappa shape index (κ3) is 1.68. The highest BCUT2D eigenvalue weighted by Crippen LogP contribution is 2.31. The zero-order valence-electron chi connectivity index (χ0n) is 9.81. The van der Waals surface area contributed by atoms with E-state index in [-0.39, 0.29) is 11.4 Å². The van der Waals surface area contributed by atoms with Crippen molar-refractivity contribution in [1.82, 2.24) is 19.5 Å². The SMILES string of the molecule is Nc1ncnc2c1ncn2C1C=C(CF)C(O)C1O. The van der Waals surface area contributed by atoms with E-state index in [2.05, 4.69) is 15.0 Å². The van der Waals surface area contributed by atoms with Gasteiger partial charge in [-0.15, -0.1) is 0 Å². The van der Waals surface area contributed by atoms with Crippen molar-refractivity contribution in [3.63, 3.8) is 0 Å². The van der Waals surface area contributed by atoms with Gasteiger partial charge in [0.05, 0.1) is 12.4 Å². The summed E-state index contributed by atoms with van der Waals surface area (Å²) in [5, 5.41) is 19.7. The van der Waals surface area contributed by atoms with Crippen molar-refractivity contribution in [1.29, 1.82) is 0 Å². The Morgan fingerprint density at radius 3 is 2.79 bits per heavy atom. The molecule has 3 atom stereocenters. The van der Waals surface area contributed by atoms with Crippen LogP contribution in [0.25, 0.3) is 11.2 Å². The maximum atomic E-state index is 12.7. The van der Waals surface area contributed by atoms with Crippen LogP contribution < -0.4 is 5.73 Å². The minimum atomic E-state index is -1.22. The lowest BCUT2D eigenvalue weighted by Gasteiger charge is -2.18. The molecule has 0 spiro atoms. The Bertz CT molecular complexity index is 656. The predicted molar refractivity (Wildman–Crippen MR) is 64.8 cm³/mol. The Morgan fingerprint density at radius 1 is 1.32 bits per heavy atom. The Balaban J connectivity index is 2.11. The number of imidazole rings is 1. The summed E-state index contributed by atoms with van der Waals surface area (Å²) in [7, 11) is 0. The van der Waals surface area contributed by atoms with Crippen LogP contribution in [0.3, 0.4) is 0 Å². The Labute approximate surface area is 107 Å². The van der Waals surface area contributed by atoms with Crippen molar-refractivity contribution >= 4 is 17.0 Å². The van der Waals surface area contributed by atoms with Gasteiger partial charge < -0.3 is 20.5 Å². The summed E-state index contributed by atoms with van der Waals surface area (Å²) in [4.78, 5) is 11.9. The maximum absolute atomic E-state index is 12.7. The van der Waals surface area contributed by atoms with Crippen LogP contribution in [0.2, 0.25) is 0 Å². The van der Waals surface area contributed by atoms with Crippen molar-refractivity contribution in [2.45, 2.75) is 18.2 Å². The first-order valence-electron chi connectivity index (χ1n) is 5.69. The molecule has 0 amide bonds. The van der Waals surface area contributed by atoms with Gasteiger partial charge >= 0.3 is 0 Å². The standard InChI is InChI=1S/C11H12FN5O2/c12-2-5-1-6(9(19)8(5)18)17-4-16-7-10(13)14-3-15-11(7)17/h1,3-4,6,8-9,18-19H,2H2,(H2,13,14,15). The fourth-order valence-corrected chi connectivity index (χ4v) is 2.28. The maximum Gasteiger partial charge on any atom is 0.166 e. The van der Waals surface area contributed by atoms with Gasteiger partial charge in [0.1, 0.15) is 30.7 Å². The van der Waals surface area contributed by atoms with Crippen LogP contribution >= 0.6 is 0 Å². The largest absolute Gasteiger partial charge is 0.388 e. The minimum Gasteiger partial charge on any atom is -0.388 e. The van der Waals surface area contributed by atoms with E-state index in [1.807, 2.05) is 0 Å². The minimum absolute atomic E-state index is 0.154. The first-order valence-corrected chi connectivity index (χ1v) is 5.69. The van der Waals surface area contributed by atoms with Crippen LogP contribution in [0.5, 0.6) is 0 Å². The molecule has 3 unspecified atom stereocenters. The lowest BCUT2D eigenvalue weighted by Crippen LogP contribution is -2.29. The average Bonchev–Trinajstić information content (AvgIpc) is 2.94. The number of aliphatic hydroxyl groups is 2. The molecule has 8 heteroatoms. The van der Waals surface area contributed by atoms with Gasteiger partial charge in [-0.3, -0.25) is 0 Å². The molecule has 0 bridgehead atoms. The van der Waals surface area contributed by atoms with Gasteiger partial charge in [-0.25, -0.2) is 19.3 Å². The molecule has 3 rings (SSSR count). The molecular formula is C11H12FN5O2. The highest BCUT2D eigenvalue weighted by Gasteiger charge is 2.36. The number of nitrogen functional groups attached to an aromatic ring is 1. The molecule has 100 valence electrons. The summed E-state index contributed by atoms with van der Waals surface area (Å²) in [5.41, 5.74) is 6.66. The van der Waals surface area contributed by atoms with Crippen molar-refractivity contribution < 1.29 is 14.6 Å². The van der Waals surface area contributed by atoms with Crippen LogP contribution in [0.15, 0.2) is 24.3 Å². The number of anilines is 1. The zero-order valence-corrected chi connectivity index (χ0v) is 9.81. The number of halogens is 1. The lowest BCUT2D eigenvalue weighted by atomic mass is 10.1. The van der Waals surface area contributed by atoms with E-state index < -0.39 is 24.9 Å². The molecule has 4 N–H and O–H groups in total. The van der Waals surface area contributed by atoms with Crippen LogP contribution in [-0.4, -0.2) is 48.6 Å². The van der Waals surface area contributed by atoms with E-state index >= 15 is 0 Å². The number of hydrogen-bond acceptors (Lipinski definition) is 6. The number of rotatable bonds is 2. The summed E-state index contributed by atoms with van der Waals surface area (Å²) in [5.74, 6) is 0.228. The van der Waals surface area contributed by atoms with Crippen molar-refractivity contribution in [3.8, 4) is 0 Å². The van der Waals surface area contributed by atoms with Gasteiger partial charge in [-0.2, -0.15) is 0 Å². The monoisotopic (exact) mass is 265 g/mol. The van der Waals surface area contributed by atoms with Crippen molar-refractivity contribution in [2.75, 3.05) is 12.4 Å². The van der Waals surface area contributed by atoms with E-state index in [1.165, 1.54) is 18.7 Å². The van der Waals surface area contributed by atoms with Crippen molar-refractivity contribution in [3.05, 3.63) is 24.3 Å². The molecule has 0 aromatic carbocycles. The third-order valence-electron chi connectivity index (χ3n) is 3.30. The highest BCUT2D eigenvalue weighted by molar-refractivity contribution is 5.81. The Morgan fingerprint density at radius 2 is 2.11 bits per heavy atom. The van der Waals surface area contributed by atoms with E-state index in [4.69, 9.17) is 5.73 Å². The van der Waals surface area contributed by atoms with Crippen LogP contribution in [0.1, 0.15) is 6.04 Å². The van der Waals surface area contributed by atoms with E-state index in [1.54, 1.807) is 4.57 Å². The normalized spacial score (nSPS) is 26.9. The molecule has 0 saturated heterocycles. The summed E-state index contributed by atoms with van der Waals surface area (Å²) < 4.78 is 14.3. The molecule has 0 radical (unpaired) electrons. The topological polar surface area (TPSA) is 110 Å². The molecule has 0 aliphatic heterocycles. The number of nitrogens with zero attached hydrogens (tertiary/aromatic N) is 4. The smallest absolute Gasteiger partial charge is 0.166 e. The molecule has 2 aromatic heterocycles. The molecule has 2 aromatic rings. The molecule has 1 aliphatic rings. The Hall–Kier alpha value is -2.06. The molecule has 19 heavy (non-hydrogen) atoms. The first-order chi connectivity index (χ1) is 9.13. The number of fused-ring (bicyclic) bond motifs is 1. The molecular weight excluding hydrogens is 253 g/mol. The summed E-state index contributed by atoms with van der Waals surface area (Å²) >= 11 is 0. The van der Waals surface area contributed by atoms with Crippen LogP contribution in [-0.2, 0) is 0 Å². The molecule has 0 saturated carbocycles. The number of aliphatic hydroxyl groups excluding tert-OH is 2. The summed E-state index contributed by atoms with van der Waals surface area (Å²) in [6.07, 6.45) is 1.85. The second-order valence-corrected chi connectivity index (χ2v) is 4.38. The average molecular weight is 265 g/mol. The zero-order chi connectivity index (χ0) is 13.6. The fraction of sp³-hybridized carbons (Fsp3) is 0.364. The highest BCUT2D eigenvalue weighted by atomic mass is 19.1. The molecule has 0 fully saturated rings. The second-order valence-electron chi connectivity index (χ2n) is 4.38. The Kier molecular flexibility index (Phi) is 2.68. The molecule has 2 heterocycles. The van der Waals surface area contributed by atoms with E-state index in [9.17, 15) is 14.6 Å².